The lowest BCUT2D eigenvalue weighted by molar-refractivity contribution is -0.141. The van der Waals surface area contributed by atoms with Gasteiger partial charge < -0.3 is 4.74 Å². The van der Waals surface area contributed by atoms with E-state index in [0.717, 1.165) is 4.47 Å². The number of carbonyl (C=O) groups excluding carboxylic acids is 1. The number of hydrogen-bond donors (Lipinski definition) is 0. The summed E-state index contributed by atoms with van der Waals surface area (Å²) in [5, 5.41) is 0. The van der Waals surface area contributed by atoms with E-state index in [1.54, 1.807) is 13.0 Å². The molecular weight excluding hydrogens is 299 g/mol. The van der Waals surface area contributed by atoms with Crippen LogP contribution in [0.5, 0.6) is 0 Å². The van der Waals surface area contributed by atoms with Gasteiger partial charge in [-0.05, 0) is 44.0 Å². The molecule has 1 atom stereocenters. The highest BCUT2D eigenvalue weighted by Gasteiger charge is 2.31. The minimum absolute atomic E-state index is 0.0295. The molecule has 0 aliphatic heterocycles. The topological polar surface area (TPSA) is 26.3 Å². The van der Waals surface area contributed by atoms with Gasteiger partial charge in [0.15, 0.2) is 5.78 Å². The highest BCUT2D eigenvalue weighted by molar-refractivity contribution is 9.10. The van der Waals surface area contributed by atoms with Crippen LogP contribution >= 0.6 is 15.9 Å². The molecule has 0 aliphatic carbocycles. The number of halogens is 2. The van der Waals surface area contributed by atoms with E-state index in [9.17, 15) is 9.18 Å². The molecule has 0 N–H and O–H groups in total. The molecule has 0 fully saturated rings. The van der Waals surface area contributed by atoms with Crippen LogP contribution in [0, 0.1) is 5.82 Å². The third kappa shape index (κ3) is 3.62. The number of benzene rings is 1. The molecular formula is C14H18BrFO2. The van der Waals surface area contributed by atoms with E-state index in [0.29, 0.717) is 18.6 Å². The SMILES string of the molecule is CCOC(C)(CC)C(=O)Cc1cc(F)ccc1Br. The molecule has 1 rings (SSSR count). The molecule has 18 heavy (non-hydrogen) atoms. The van der Waals surface area contributed by atoms with Crippen molar-refractivity contribution in [1.29, 1.82) is 0 Å². The van der Waals surface area contributed by atoms with Crippen molar-refractivity contribution in [1.82, 2.24) is 0 Å². The zero-order valence-electron chi connectivity index (χ0n) is 10.9. The van der Waals surface area contributed by atoms with Gasteiger partial charge in [0, 0.05) is 17.5 Å². The number of rotatable bonds is 6. The van der Waals surface area contributed by atoms with Crippen LogP contribution in [0.2, 0.25) is 0 Å². The number of ether oxygens (including phenoxy) is 1. The van der Waals surface area contributed by atoms with Gasteiger partial charge in [0.2, 0.25) is 0 Å². The van der Waals surface area contributed by atoms with Gasteiger partial charge in [-0.15, -0.1) is 0 Å². The molecule has 0 aliphatic rings. The summed E-state index contributed by atoms with van der Waals surface area (Å²) in [5.74, 6) is -0.367. The smallest absolute Gasteiger partial charge is 0.168 e. The van der Waals surface area contributed by atoms with Crippen molar-refractivity contribution >= 4 is 21.7 Å². The molecule has 0 amide bonds. The molecule has 1 aromatic rings. The van der Waals surface area contributed by atoms with Gasteiger partial charge in [0.05, 0.1) is 0 Å². The average molecular weight is 317 g/mol. The van der Waals surface area contributed by atoms with Gasteiger partial charge in [0.25, 0.3) is 0 Å². The lowest BCUT2D eigenvalue weighted by Gasteiger charge is -2.26. The summed E-state index contributed by atoms with van der Waals surface area (Å²) >= 11 is 3.33. The zero-order valence-corrected chi connectivity index (χ0v) is 12.5. The predicted octanol–water partition coefficient (Wildman–Crippen LogP) is 3.91. The molecule has 100 valence electrons. The minimum Gasteiger partial charge on any atom is -0.368 e. The fourth-order valence-corrected chi connectivity index (χ4v) is 2.12. The van der Waals surface area contributed by atoms with Crippen molar-refractivity contribution in [3.63, 3.8) is 0 Å². The van der Waals surface area contributed by atoms with E-state index in [4.69, 9.17) is 4.74 Å². The van der Waals surface area contributed by atoms with Gasteiger partial charge in [-0.1, -0.05) is 22.9 Å². The summed E-state index contributed by atoms with van der Waals surface area (Å²) in [6.45, 7) is 6.04. The first-order chi connectivity index (χ1) is 8.42. The van der Waals surface area contributed by atoms with Crippen LogP contribution in [0.15, 0.2) is 22.7 Å². The summed E-state index contributed by atoms with van der Waals surface area (Å²) in [5.41, 5.74) is -0.139. The Morgan fingerprint density at radius 3 is 2.67 bits per heavy atom. The van der Waals surface area contributed by atoms with Crippen molar-refractivity contribution in [2.75, 3.05) is 6.61 Å². The van der Waals surface area contributed by atoms with Gasteiger partial charge in [-0.3, -0.25) is 4.79 Å². The average Bonchev–Trinajstić information content (AvgIpc) is 2.34. The Kier molecular flexibility index (Phi) is 5.47. The lowest BCUT2D eigenvalue weighted by Crippen LogP contribution is -2.39. The number of Topliss-reactive ketones (excluding diaryl/α,β-unsaturated/α-hetero) is 1. The van der Waals surface area contributed by atoms with E-state index in [1.807, 2.05) is 13.8 Å². The Hall–Kier alpha value is -0.740. The Morgan fingerprint density at radius 2 is 2.11 bits per heavy atom. The fraction of sp³-hybridized carbons (Fsp3) is 0.500. The zero-order chi connectivity index (χ0) is 13.8. The largest absolute Gasteiger partial charge is 0.368 e. The second-order valence-electron chi connectivity index (χ2n) is 4.35. The molecule has 0 bridgehead atoms. The van der Waals surface area contributed by atoms with Crippen molar-refractivity contribution in [2.45, 2.75) is 39.2 Å². The van der Waals surface area contributed by atoms with Crippen LogP contribution in [0.25, 0.3) is 0 Å². The normalized spacial score (nSPS) is 14.3. The van der Waals surface area contributed by atoms with Crippen LogP contribution in [0.4, 0.5) is 4.39 Å². The summed E-state index contributed by atoms with van der Waals surface area (Å²) < 4.78 is 19.4. The van der Waals surface area contributed by atoms with E-state index in [-0.39, 0.29) is 18.0 Å². The monoisotopic (exact) mass is 316 g/mol. The molecule has 0 saturated carbocycles. The van der Waals surface area contributed by atoms with E-state index in [2.05, 4.69) is 15.9 Å². The van der Waals surface area contributed by atoms with Crippen LogP contribution in [-0.4, -0.2) is 18.0 Å². The van der Waals surface area contributed by atoms with E-state index < -0.39 is 5.60 Å². The summed E-state index contributed by atoms with van der Waals surface area (Å²) in [6, 6.07) is 4.35. The maximum absolute atomic E-state index is 13.2. The predicted molar refractivity (Wildman–Crippen MR) is 73.1 cm³/mol. The number of ketones is 1. The lowest BCUT2D eigenvalue weighted by atomic mass is 9.92. The van der Waals surface area contributed by atoms with Crippen LogP contribution < -0.4 is 0 Å². The molecule has 0 saturated heterocycles. The van der Waals surface area contributed by atoms with Gasteiger partial charge in [-0.25, -0.2) is 4.39 Å². The molecule has 0 spiro atoms. The standard InChI is InChI=1S/C14H18BrFO2/c1-4-14(3,18-5-2)13(17)9-10-8-11(16)6-7-12(10)15/h6-8H,4-5,9H2,1-3H3. The van der Waals surface area contributed by atoms with E-state index in [1.165, 1.54) is 12.1 Å². The Bertz CT molecular complexity index is 434. The quantitative estimate of drug-likeness (QED) is 0.795. The Labute approximate surface area is 116 Å². The fourth-order valence-electron chi connectivity index (χ4n) is 1.74. The molecule has 1 unspecified atom stereocenters. The molecule has 2 nitrogen and oxygen atoms in total. The minimum atomic E-state index is -0.791. The summed E-state index contributed by atoms with van der Waals surface area (Å²) in [6.07, 6.45) is 0.773. The maximum Gasteiger partial charge on any atom is 0.168 e. The highest BCUT2D eigenvalue weighted by Crippen LogP contribution is 2.23. The first-order valence-electron chi connectivity index (χ1n) is 6.04. The first kappa shape index (κ1) is 15.3. The van der Waals surface area contributed by atoms with Crippen molar-refractivity contribution in [3.05, 3.63) is 34.1 Å². The van der Waals surface area contributed by atoms with Crippen LogP contribution in [0.3, 0.4) is 0 Å². The molecule has 1 aromatic carbocycles. The van der Waals surface area contributed by atoms with Crippen molar-refractivity contribution in [3.8, 4) is 0 Å². The van der Waals surface area contributed by atoms with E-state index >= 15 is 0 Å². The number of hydrogen-bond acceptors (Lipinski definition) is 2. The first-order valence-corrected chi connectivity index (χ1v) is 6.83. The second kappa shape index (κ2) is 6.43. The molecule has 0 heterocycles. The molecule has 0 radical (unpaired) electrons. The second-order valence-corrected chi connectivity index (χ2v) is 5.21. The Morgan fingerprint density at radius 1 is 1.44 bits per heavy atom. The maximum atomic E-state index is 13.2. The highest BCUT2D eigenvalue weighted by atomic mass is 79.9. The summed E-state index contributed by atoms with van der Waals surface area (Å²) in [7, 11) is 0. The molecule has 0 aromatic heterocycles. The van der Waals surface area contributed by atoms with Gasteiger partial charge in [0.1, 0.15) is 11.4 Å². The van der Waals surface area contributed by atoms with Gasteiger partial charge >= 0.3 is 0 Å². The molecule has 4 heteroatoms. The number of carbonyl (C=O) groups is 1. The Balaban J connectivity index is 2.89. The van der Waals surface area contributed by atoms with Crippen LogP contribution in [0.1, 0.15) is 32.8 Å². The van der Waals surface area contributed by atoms with Gasteiger partial charge in [-0.2, -0.15) is 0 Å². The van der Waals surface area contributed by atoms with Crippen molar-refractivity contribution < 1.29 is 13.9 Å². The third-order valence-electron chi connectivity index (χ3n) is 3.09. The summed E-state index contributed by atoms with van der Waals surface area (Å²) in [4.78, 5) is 12.3. The van der Waals surface area contributed by atoms with Crippen molar-refractivity contribution in [2.24, 2.45) is 0 Å². The van der Waals surface area contributed by atoms with Crippen LogP contribution in [-0.2, 0) is 16.0 Å². The third-order valence-corrected chi connectivity index (χ3v) is 3.86.